The Hall–Kier alpha value is -2.66. The molecule has 0 radical (unpaired) electrons. The largest absolute Gasteiger partial charge is 0.504 e. The third-order valence-electron chi connectivity index (χ3n) is 3.80. The topological polar surface area (TPSA) is 73.9 Å². The Bertz CT molecular complexity index is 708. The van der Waals surface area contributed by atoms with Crippen molar-refractivity contribution in [2.24, 2.45) is 5.73 Å². The van der Waals surface area contributed by atoms with Gasteiger partial charge in [-0.3, -0.25) is 0 Å². The minimum Gasteiger partial charge on any atom is -0.504 e. The molecule has 128 valence electrons. The van der Waals surface area contributed by atoms with Gasteiger partial charge in [-0.2, -0.15) is 0 Å². The van der Waals surface area contributed by atoms with E-state index in [1.54, 1.807) is 7.11 Å². The Balaban J connectivity index is 2.25. The van der Waals surface area contributed by atoms with Gasteiger partial charge in [-0.1, -0.05) is 24.3 Å². The zero-order valence-electron chi connectivity index (χ0n) is 14.2. The normalized spacial score (nSPS) is 10.8. The summed E-state index contributed by atoms with van der Waals surface area (Å²) >= 11 is 0. The molecule has 2 aromatic carbocycles. The standard InChI is InChI=1S/C19H23NO4/c1-22-15-9-7-13(8-10-15)5-4-6-14-11-17(23-2)19(24-3)18(21)16(14)12-20/h4,6-11,21H,5,12,20H2,1-3H3/b6-4+. The lowest BCUT2D eigenvalue weighted by Gasteiger charge is -2.14. The smallest absolute Gasteiger partial charge is 0.203 e. The molecule has 2 aromatic rings. The van der Waals surface area contributed by atoms with Gasteiger partial charge in [0.05, 0.1) is 21.3 Å². The average Bonchev–Trinajstić information content (AvgIpc) is 2.62. The van der Waals surface area contributed by atoms with Crippen LogP contribution in [0.1, 0.15) is 16.7 Å². The lowest BCUT2D eigenvalue weighted by Crippen LogP contribution is -2.02. The summed E-state index contributed by atoms with van der Waals surface area (Å²) in [6.45, 7) is 0.203. The first-order valence-corrected chi connectivity index (χ1v) is 7.61. The van der Waals surface area contributed by atoms with E-state index in [1.807, 2.05) is 42.5 Å². The van der Waals surface area contributed by atoms with Gasteiger partial charge in [0.1, 0.15) is 5.75 Å². The Kier molecular flexibility index (Phi) is 6.09. The maximum atomic E-state index is 10.3. The van der Waals surface area contributed by atoms with Gasteiger partial charge in [-0.05, 0) is 35.7 Å². The Morgan fingerprint density at radius 3 is 2.29 bits per heavy atom. The second-order valence-corrected chi connectivity index (χ2v) is 5.19. The number of methoxy groups -OCH3 is 3. The predicted molar refractivity (Wildman–Crippen MR) is 94.8 cm³/mol. The quantitative estimate of drug-likeness (QED) is 0.816. The monoisotopic (exact) mass is 329 g/mol. The lowest BCUT2D eigenvalue weighted by molar-refractivity contribution is 0.331. The van der Waals surface area contributed by atoms with Crippen molar-refractivity contribution in [3.05, 3.63) is 53.1 Å². The van der Waals surface area contributed by atoms with Crippen molar-refractivity contribution >= 4 is 6.08 Å². The van der Waals surface area contributed by atoms with Crippen LogP contribution in [-0.2, 0) is 13.0 Å². The number of hydrogen-bond donors (Lipinski definition) is 2. The highest BCUT2D eigenvalue weighted by Gasteiger charge is 2.16. The Morgan fingerprint density at radius 2 is 1.75 bits per heavy atom. The molecule has 0 bridgehead atoms. The highest BCUT2D eigenvalue weighted by atomic mass is 16.5. The van der Waals surface area contributed by atoms with Crippen LogP contribution in [0.25, 0.3) is 6.08 Å². The van der Waals surface area contributed by atoms with E-state index in [4.69, 9.17) is 19.9 Å². The molecule has 0 aliphatic rings. The first-order chi connectivity index (χ1) is 11.6. The van der Waals surface area contributed by atoms with Crippen molar-refractivity contribution < 1.29 is 19.3 Å². The van der Waals surface area contributed by atoms with Gasteiger partial charge in [0, 0.05) is 12.1 Å². The number of nitrogens with two attached hydrogens (primary N) is 1. The molecule has 0 aromatic heterocycles. The number of hydrogen-bond acceptors (Lipinski definition) is 5. The molecule has 0 spiro atoms. The van der Waals surface area contributed by atoms with Gasteiger partial charge in [0.2, 0.25) is 5.75 Å². The Labute approximate surface area is 142 Å². The maximum absolute atomic E-state index is 10.3. The van der Waals surface area contributed by atoms with Gasteiger partial charge < -0.3 is 25.1 Å². The zero-order chi connectivity index (χ0) is 17.5. The van der Waals surface area contributed by atoms with Crippen molar-refractivity contribution in [3.63, 3.8) is 0 Å². The molecule has 5 heteroatoms. The van der Waals surface area contributed by atoms with Crippen LogP contribution in [0.3, 0.4) is 0 Å². The van der Waals surface area contributed by atoms with E-state index in [2.05, 4.69) is 0 Å². The number of phenolic OH excluding ortho intramolecular Hbond substituents is 1. The summed E-state index contributed by atoms with van der Waals surface area (Å²) in [7, 11) is 4.66. The molecule has 3 N–H and O–H groups in total. The third-order valence-corrected chi connectivity index (χ3v) is 3.80. The number of aromatic hydroxyl groups is 1. The number of phenols is 1. The van der Waals surface area contributed by atoms with Gasteiger partial charge in [0.15, 0.2) is 11.5 Å². The Morgan fingerprint density at radius 1 is 1.04 bits per heavy atom. The van der Waals surface area contributed by atoms with Gasteiger partial charge in [-0.25, -0.2) is 0 Å². The minimum atomic E-state index is 0.0171. The fourth-order valence-electron chi connectivity index (χ4n) is 2.48. The highest BCUT2D eigenvalue weighted by Crippen LogP contribution is 2.41. The van der Waals surface area contributed by atoms with Crippen LogP contribution in [0.4, 0.5) is 0 Å². The molecular weight excluding hydrogens is 306 g/mol. The van der Waals surface area contributed by atoms with E-state index in [0.29, 0.717) is 17.1 Å². The summed E-state index contributed by atoms with van der Waals surface area (Å²) in [5, 5.41) is 10.3. The SMILES string of the molecule is COc1ccc(C/C=C/c2cc(OC)c(OC)c(O)c2CN)cc1. The van der Waals surface area contributed by atoms with Gasteiger partial charge in [-0.15, -0.1) is 0 Å². The lowest BCUT2D eigenvalue weighted by atomic mass is 10.0. The van der Waals surface area contributed by atoms with Crippen LogP contribution >= 0.6 is 0 Å². The number of benzene rings is 2. The van der Waals surface area contributed by atoms with Crippen molar-refractivity contribution in [3.8, 4) is 23.0 Å². The van der Waals surface area contributed by atoms with Crippen LogP contribution in [0.2, 0.25) is 0 Å². The summed E-state index contributed by atoms with van der Waals surface area (Å²) in [5.41, 5.74) is 8.37. The molecule has 24 heavy (non-hydrogen) atoms. The first-order valence-electron chi connectivity index (χ1n) is 7.61. The van der Waals surface area contributed by atoms with Gasteiger partial charge >= 0.3 is 0 Å². The number of allylic oxidation sites excluding steroid dienone is 1. The molecule has 0 saturated heterocycles. The van der Waals surface area contributed by atoms with Crippen LogP contribution in [-0.4, -0.2) is 26.4 Å². The van der Waals surface area contributed by atoms with Crippen LogP contribution < -0.4 is 19.9 Å². The summed E-state index contributed by atoms with van der Waals surface area (Å²) in [6, 6.07) is 9.69. The summed E-state index contributed by atoms with van der Waals surface area (Å²) in [5.74, 6) is 1.61. The van der Waals surface area contributed by atoms with Crippen molar-refractivity contribution in [2.45, 2.75) is 13.0 Å². The second-order valence-electron chi connectivity index (χ2n) is 5.19. The number of rotatable bonds is 7. The summed E-state index contributed by atoms with van der Waals surface area (Å²) in [4.78, 5) is 0. The fraction of sp³-hybridized carbons (Fsp3) is 0.263. The molecule has 0 atom stereocenters. The molecule has 0 aliphatic heterocycles. The molecule has 0 unspecified atom stereocenters. The molecule has 0 saturated carbocycles. The first kappa shape index (κ1) is 17.7. The van der Waals surface area contributed by atoms with E-state index < -0.39 is 0 Å². The van der Waals surface area contributed by atoms with E-state index in [9.17, 15) is 5.11 Å². The summed E-state index contributed by atoms with van der Waals surface area (Å²) in [6.07, 6.45) is 4.69. The molecule has 0 heterocycles. The van der Waals surface area contributed by atoms with Crippen molar-refractivity contribution in [1.82, 2.24) is 0 Å². The van der Waals surface area contributed by atoms with Crippen LogP contribution in [0.15, 0.2) is 36.4 Å². The molecule has 2 rings (SSSR count). The molecule has 0 fully saturated rings. The zero-order valence-corrected chi connectivity index (χ0v) is 14.2. The third kappa shape index (κ3) is 3.81. The minimum absolute atomic E-state index is 0.0171. The fourth-order valence-corrected chi connectivity index (χ4v) is 2.48. The average molecular weight is 329 g/mol. The molecule has 5 nitrogen and oxygen atoms in total. The number of ether oxygens (including phenoxy) is 3. The second kappa shape index (κ2) is 8.26. The van der Waals surface area contributed by atoms with Crippen molar-refractivity contribution in [1.29, 1.82) is 0 Å². The van der Waals surface area contributed by atoms with E-state index >= 15 is 0 Å². The molecule has 0 amide bonds. The van der Waals surface area contributed by atoms with Gasteiger partial charge in [0.25, 0.3) is 0 Å². The highest BCUT2D eigenvalue weighted by molar-refractivity contribution is 5.67. The van der Waals surface area contributed by atoms with E-state index in [1.165, 1.54) is 14.2 Å². The van der Waals surface area contributed by atoms with E-state index in [0.717, 1.165) is 23.3 Å². The molecule has 0 aliphatic carbocycles. The van der Waals surface area contributed by atoms with Crippen LogP contribution in [0, 0.1) is 0 Å². The van der Waals surface area contributed by atoms with Crippen molar-refractivity contribution in [2.75, 3.05) is 21.3 Å². The molecular formula is C19H23NO4. The summed E-state index contributed by atoms with van der Waals surface area (Å²) < 4.78 is 15.6. The van der Waals surface area contributed by atoms with Crippen LogP contribution in [0.5, 0.6) is 23.0 Å². The predicted octanol–water partition coefficient (Wildman–Crippen LogP) is 3.13. The maximum Gasteiger partial charge on any atom is 0.203 e. The van der Waals surface area contributed by atoms with E-state index in [-0.39, 0.29) is 12.3 Å².